The van der Waals surface area contributed by atoms with Gasteiger partial charge in [0.05, 0.1) is 0 Å². The third-order valence-electron chi connectivity index (χ3n) is 1.42. The zero-order valence-corrected chi connectivity index (χ0v) is 7.36. The molecule has 82 valence electrons. The lowest BCUT2D eigenvalue weighted by Gasteiger charge is -2.07. The SMILES string of the molecule is OB(O)c1cnc(NCC(F)(F)F)nc1. The van der Waals surface area contributed by atoms with E-state index in [4.69, 9.17) is 10.0 Å². The van der Waals surface area contributed by atoms with Crippen LogP contribution in [-0.4, -0.2) is 39.9 Å². The Labute approximate surface area is 83.1 Å². The smallest absolute Gasteiger partial charge is 0.423 e. The molecular weight excluding hydrogens is 214 g/mol. The van der Waals surface area contributed by atoms with Crippen molar-refractivity contribution in [1.82, 2.24) is 9.97 Å². The van der Waals surface area contributed by atoms with Crippen molar-refractivity contribution in [2.24, 2.45) is 0 Å². The fourth-order valence-electron chi connectivity index (χ4n) is 0.742. The van der Waals surface area contributed by atoms with Crippen molar-refractivity contribution in [1.29, 1.82) is 0 Å². The van der Waals surface area contributed by atoms with E-state index in [9.17, 15) is 13.2 Å². The first-order chi connectivity index (χ1) is 6.88. The van der Waals surface area contributed by atoms with Crippen molar-refractivity contribution in [2.75, 3.05) is 11.9 Å². The molecule has 5 nitrogen and oxygen atoms in total. The number of aromatic nitrogens is 2. The second-order valence-electron chi connectivity index (χ2n) is 2.68. The molecule has 0 atom stereocenters. The Balaban J connectivity index is 2.57. The molecule has 0 bridgehead atoms. The van der Waals surface area contributed by atoms with E-state index in [1.54, 1.807) is 0 Å². The molecule has 0 saturated carbocycles. The van der Waals surface area contributed by atoms with Gasteiger partial charge in [-0.3, -0.25) is 0 Å². The minimum absolute atomic E-state index is 0.00700. The molecule has 1 aromatic rings. The highest BCUT2D eigenvalue weighted by Gasteiger charge is 2.27. The van der Waals surface area contributed by atoms with Gasteiger partial charge in [-0.05, 0) is 0 Å². The topological polar surface area (TPSA) is 78.3 Å². The third kappa shape index (κ3) is 4.13. The molecule has 15 heavy (non-hydrogen) atoms. The number of hydrogen-bond acceptors (Lipinski definition) is 5. The monoisotopic (exact) mass is 221 g/mol. The third-order valence-corrected chi connectivity index (χ3v) is 1.42. The number of hydrogen-bond donors (Lipinski definition) is 3. The standard InChI is InChI=1S/C6H7BF3N3O2/c8-6(9,10)3-13-5-11-1-4(2-12-5)7(14)15/h1-2,14-15H,3H2,(H,11,12,13). The molecule has 0 aliphatic rings. The summed E-state index contributed by atoms with van der Waals surface area (Å²) in [7, 11) is -1.73. The molecule has 9 heteroatoms. The van der Waals surface area contributed by atoms with Crippen molar-refractivity contribution in [2.45, 2.75) is 6.18 Å². The second-order valence-corrected chi connectivity index (χ2v) is 2.68. The second kappa shape index (κ2) is 4.45. The Hall–Kier alpha value is -1.35. The van der Waals surface area contributed by atoms with Crippen molar-refractivity contribution in [3.05, 3.63) is 12.4 Å². The summed E-state index contributed by atoms with van der Waals surface area (Å²) >= 11 is 0. The summed E-state index contributed by atoms with van der Waals surface area (Å²) in [5.41, 5.74) is 0.00700. The summed E-state index contributed by atoms with van der Waals surface area (Å²) in [5, 5.41) is 19.2. The average Bonchev–Trinajstić information content (AvgIpc) is 2.14. The largest absolute Gasteiger partial charge is 0.491 e. The molecule has 3 N–H and O–H groups in total. The van der Waals surface area contributed by atoms with E-state index in [1.165, 1.54) is 0 Å². The van der Waals surface area contributed by atoms with Crippen molar-refractivity contribution >= 4 is 18.5 Å². The molecule has 0 spiro atoms. The maximum absolute atomic E-state index is 11.8. The van der Waals surface area contributed by atoms with Crippen LogP contribution < -0.4 is 10.8 Å². The van der Waals surface area contributed by atoms with E-state index < -0.39 is 19.8 Å². The summed E-state index contributed by atoms with van der Waals surface area (Å²) in [6.45, 7) is -1.24. The van der Waals surface area contributed by atoms with Gasteiger partial charge in [0.2, 0.25) is 5.95 Å². The summed E-state index contributed by atoms with van der Waals surface area (Å²) in [6.07, 6.45) is -2.30. The molecule has 0 saturated heterocycles. The first-order valence-electron chi connectivity index (χ1n) is 3.87. The van der Waals surface area contributed by atoms with Gasteiger partial charge < -0.3 is 15.4 Å². The minimum atomic E-state index is -4.35. The highest BCUT2D eigenvalue weighted by atomic mass is 19.4. The zero-order chi connectivity index (χ0) is 11.5. The van der Waals surface area contributed by atoms with Gasteiger partial charge in [-0.15, -0.1) is 0 Å². The predicted octanol–water partition coefficient (Wildman–Crippen LogP) is -0.869. The summed E-state index contributed by atoms with van der Waals surface area (Å²) in [6, 6.07) is 0. The Morgan fingerprint density at radius 2 is 1.80 bits per heavy atom. The summed E-state index contributed by atoms with van der Waals surface area (Å²) in [5.74, 6) is -0.225. The maximum Gasteiger partial charge on any atom is 0.491 e. The van der Waals surface area contributed by atoms with Gasteiger partial charge in [-0.25, -0.2) is 9.97 Å². The van der Waals surface area contributed by atoms with Gasteiger partial charge >= 0.3 is 13.3 Å². The first-order valence-corrected chi connectivity index (χ1v) is 3.87. The predicted molar refractivity (Wildman–Crippen MR) is 46.4 cm³/mol. The Bertz CT molecular complexity index is 316. The van der Waals surface area contributed by atoms with Crippen LogP contribution in [0.2, 0.25) is 0 Å². The summed E-state index contributed by atoms with van der Waals surface area (Å²) in [4.78, 5) is 6.92. The zero-order valence-electron chi connectivity index (χ0n) is 7.36. The van der Waals surface area contributed by atoms with Crippen LogP contribution in [0.25, 0.3) is 0 Å². The Morgan fingerprint density at radius 3 is 2.20 bits per heavy atom. The minimum Gasteiger partial charge on any atom is -0.423 e. The van der Waals surface area contributed by atoms with Gasteiger partial charge in [0, 0.05) is 17.9 Å². The van der Waals surface area contributed by atoms with Crippen LogP contribution >= 0.6 is 0 Å². The van der Waals surface area contributed by atoms with Gasteiger partial charge in [-0.2, -0.15) is 13.2 Å². The summed E-state index contributed by atoms with van der Waals surface area (Å²) < 4.78 is 35.3. The van der Waals surface area contributed by atoms with Crippen molar-refractivity contribution < 1.29 is 23.2 Å². The van der Waals surface area contributed by atoms with Crippen LogP contribution in [0.4, 0.5) is 19.1 Å². The molecule has 0 aliphatic heterocycles. The Morgan fingerprint density at radius 1 is 1.27 bits per heavy atom. The molecule has 0 aromatic carbocycles. The molecular formula is C6H7BF3N3O2. The number of nitrogens with one attached hydrogen (secondary N) is 1. The van der Waals surface area contributed by atoms with E-state index in [1.807, 2.05) is 5.32 Å². The van der Waals surface area contributed by atoms with Crippen LogP contribution in [0.15, 0.2) is 12.4 Å². The molecule has 0 unspecified atom stereocenters. The van der Waals surface area contributed by atoms with Crippen LogP contribution in [0.3, 0.4) is 0 Å². The van der Waals surface area contributed by atoms with Gasteiger partial charge in [-0.1, -0.05) is 0 Å². The molecule has 1 aromatic heterocycles. The fourth-order valence-corrected chi connectivity index (χ4v) is 0.742. The lowest BCUT2D eigenvalue weighted by atomic mass is 9.83. The fraction of sp³-hybridized carbons (Fsp3) is 0.333. The molecule has 1 rings (SSSR count). The molecule has 0 fully saturated rings. The quantitative estimate of drug-likeness (QED) is 0.578. The number of rotatable bonds is 3. The van der Waals surface area contributed by atoms with Crippen LogP contribution in [-0.2, 0) is 0 Å². The lowest BCUT2D eigenvalue weighted by molar-refractivity contribution is -0.115. The van der Waals surface area contributed by atoms with Gasteiger partial charge in [0.25, 0.3) is 0 Å². The highest BCUT2D eigenvalue weighted by molar-refractivity contribution is 6.58. The number of alkyl halides is 3. The number of anilines is 1. The van der Waals surface area contributed by atoms with Gasteiger partial charge in [0.15, 0.2) is 0 Å². The van der Waals surface area contributed by atoms with E-state index in [0.717, 1.165) is 12.4 Å². The maximum atomic E-state index is 11.8. The first kappa shape index (κ1) is 11.7. The van der Waals surface area contributed by atoms with E-state index in [2.05, 4.69) is 9.97 Å². The van der Waals surface area contributed by atoms with Crippen molar-refractivity contribution in [3.63, 3.8) is 0 Å². The molecule has 0 radical (unpaired) electrons. The number of halogens is 3. The highest BCUT2D eigenvalue weighted by Crippen LogP contribution is 2.14. The van der Waals surface area contributed by atoms with E-state index in [-0.39, 0.29) is 11.4 Å². The molecule has 0 aliphatic carbocycles. The average molecular weight is 221 g/mol. The van der Waals surface area contributed by atoms with Crippen LogP contribution in [0.5, 0.6) is 0 Å². The van der Waals surface area contributed by atoms with Gasteiger partial charge in [0.1, 0.15) is 6.54 Å². The van der Waals surface area contributed by atoms with E-state index >= 15 is 0 Å². The molecule has 0 amide bonds. The normalized spacial score (nSPS) is 11.3. The lowest BCUT2D eigenvalue weighted by Crippen LogP contribution is -2.31. The Kier molecular flexibility index (Phi) is 3.48. The van der Waals surface area contributed by atoms with Crippen LogP contribution in [0, 0.1) is 0 Å². The number of nitrogens with zero attached hydrogens (tertiary/aromatic N) is 2. The van der Waals surface area contributed by atoms with Crippen molar-refractivity contribution in [3.8, 4) is 0 Å². The molecule has 1 heterocycles. The van der Waals surface area contributed by atoms with Crippen LogP contribution in [0.1, 0.15) is 0 Å². The van der Waals surface area contributed by atoms with E-state index in [0.29, 0.717) is 0 Å².